The summed E-state index contributed by atoms with van der Waals surface area (Å²) in [5, 5.41) is 2.90. The number of hydrogen-bond donors (Lipinski definition) is 1. The van der Waals surface area contributed by atoms with Gasteiger partial charge in [-0.1, -0.05) is 6.07 Å². The van der Waals surface area contributed by atoms with Gasteiger partial charge < -0.3 is 24.4 Å². The number of nitrogens with zero attached hydrogens (tertiary/aromatic N) is 2. The number of carbonyl (C=O) groups is 1. The molecule has 0 spiro atoms. The predicted molar refractivity (Wildman–Crippen MR) is 103 cm³/mol. The molecular weight excluding hydrogens is 346 g/mol. The van der Waals surface area contributed by atoms with Crippen molar-refractivity contribution in [3.05, 3.63) is 41.6 Å². The van der Waals surface area contributed by atoms with Crippen molar-refractivity contribution in [2.45, 2.75) is 19.4 Å². The van der Waals surface area contributed by atoms with E-state index in [1.54, 1.807) is 18.3 Å². The zero-order valence-electron chi connectivity index (χ0n) is 15.9. The van der Waals surface area contributed by atoms with Gasteiger partial charge in [0.1, 0.15) is 11.6 Å². The normalized spacial score (nSPS) is 13.4. The summed E-state index contributed by atoms with van der Waals surface area (Å²) in [6.07, 6.45) is 4.24. The van der Waals surface area contributed by atoms with Crippen LogP contribution in [-0.2, 0) is 6.54 Å². The van der Waals surface area contributed by atoms with Gasteiger partial charge in [-0.25, -0.2) is 4.98 Å². The molecule has 1 aromatic heterocycles. The molecule has 0 atom stereocenters. The molecule has 0 unspecified atom stereocenters. The van der Waals surface area contributed by atoms with Crippen molar-refractivity contribution >= 4 is 11.7 Å². The summed E-state index contributed by atoms with van der Waals surface area (Å²) in [5.74, 6) is 2.14. The first-order valence-corrected chi connectivity index (χ1v) is 8.94. The standard InChI is InChI=1S/C20H25N3O4/c1-25-16-11-18(27-3)17(26-2)10-15(16)20(24)22-13-14-6-7-19(21-12-14)23-8-4-5-9-23/h6-7,10-12H,4-5,8-9,13H2,1-3H3,(H,22,24). The Bertz CT molecular complexity index is 787. The highest BCUT2D eigenvalue weighted by Gasteiger charge is 2.18. The van der Waals surface area contributed by atoms with Crippen LogP contribution in [0.5, 0.6) is 17.2 Å². The second-order valence-electron chi connectivity index (χ2n) is 6.31. The molecule has 27 heavy (non-hydrogen) atoms. The van der Waals surface area contributed by atoms with E-state index < -0.39 is 0 Å². The molecule has 1 aromatic carbocycles. The van der Waals surface area contributed by atoms with E-state index in [9.17, 15) is 4.79 Å². The molecule has 0 saturated carbocycles. The number of amides is 1. The molecule has 3 rings (SSSR count). The molecule has 1 saturated heterocycles. The van der Waals surface area contributed by atoms with Crippen molar-refractivity contribution in [3.8, 4) is 17.2 Å². The van der Waals surface area contributed by atoms with Gasteiger partial charge in [-0.3, -0.25) is 4.79 Å². The Labute approximate surface area is 159 Å². The summed E-state index contributed by atoms with van der Waals surface area (Å²) in [6, 6.07) is 7.25. The van der Waals surface area contributed by atoms with E-state index in [-0.39, 0.29) is 5.91 Å². The van der Waals surface area contributed by atoms with Crippen LogP contribution in [0.3, 0.4) is 0 Å². The molecule has 2 aromatic rings. The molecule has 0 aliphatic carbocycles. The molecule has 1 fully saturated rings. The molecule has 0 bridgehead atoms. The Kier molecular flexibility index (Phi) is 6.01. The summed E-state index contributed by atoms with van der Waals surface area (Å²) < 4.78 is 15.8. The quantitative estimate of drug-likeness (QED) is 0.807. The highest BCUT2D eigenvalue weighted by molar-refractivity contribution is 5.97. The molecule has 1 aliphatic heterocycles. The van der Waals surface area contributed by atoms with Gasteiger partial charge in [0.25, 0.3) is 5.91 Å². The summed E-state index contributed by atoms with van der Waals surface area (Å²) in [4.78, 5) is 19.4. The van der Waals surface area contributed by atoms with E-state index in [2.05, 4.69) is 15.2 Å². The van der Waals surface area contributed by atoms with Gasteiger partial charge in [0, 0.05) is 38.0 Å². The van der Waals surface area contributed by atoms with Crippen LogP contribution in [0.2, 0.25) is 0 Å². The third-order valence-corrected chi connectivity index (χ3v) is 4.64. The Morgan fingerprint density at radius 2 is 1.70 bits per heavy atom. The van der Waals surface area contributed by atoms with E-state index in [0.29, 0.717) is 29.4 Å². The first-order valence-electron chi connectivity index (χ1n) is 8.94. The van der Waals surface area contributed by atoms with Crippen LogP contribution in [-0.4, -0.2) is 45.3 Å². The molecule has 2 heterocycles. The van der Waals surface area contributed by atoms with Gasteiger partial charge in [0.15, 0.2) is 11.5 Å². The number of benzene rings is 1. The van der Waals surface area contributed by atoms with Gasteiger partial charge in [-0.15, -0.1) is 0 Å². The van der Waals surface area contributed by atoms with Crippen LogP contribution < -0.4 is 24.4 Å². The van der Waals surface area contributed by atoms with Crippen LogP contribution in [0.4, 0.5) is 5.82 Å². The third kappa shape index (κ3) is 4.24. The van der Waals surface area contributed by atoms with Gasteiger partial charge >= 0.3 is 0 Å². The topological polar surface area (TPSA) is 72.9 Å². The van der Waals surface area contributed by atoms with Gasteiger partial charge in [-0.2, -0.15) is 0 Å². The van der Waals surface area contributed by atoms with E-state index in [1.165, 1.54) is 34.2 Å². The summed E-state index contributed by atoms with van der Waals surface area (Å²) in [6.45, 7) is 2.49. The number of pyridine rings is 1. The lowest BCUT2D eigenvalue weighted by Crippen LogP contribution is -2.24. The largest absolute Gasteiger partial charge is 0.496 e. The maximum absolute atomic E-state index is 12.6. The van der Waals surface area contributed by atoms with Crippen molar-refractivity contribution in [3.63, 3.8) is 0 Å². The Morgan fingerprint density at radius 1 is 1.04 bits per heavy atom. The van der Waals surface area contributed by atoms with Crippen molar-refractivity contribution < 1.29 is 19.0 Å². The second-order valence-corrected chi connectivity index (χ2v) is 6.31. The SMILES string of the molecule is COc1cc(OC)c(C(=O)NCc2ccc(N3CCCC3)nc2)cc1OC. The van der Waals surface area contributed by atoms with Crippen LogP contribution in [0.1, 0.15) is 28.8 Å². The van der Waals surface area contributed by atoms with Gasteiger partial charge in [0.2, 0.25) is 0 Å². The van der Waals surface area contributed by atoms with Crippen molar-refractivity contribution in [1.29, 1.82) is 0 Å². The van der Waals surface area contributed by atoms with Gasteiger partial charge in [-0.05, 0) is 24.5 Å². The number of hydrogen-bond acceptors (Lipinski definition) is 6. The molecule has 1 N–H and O–H groups in total. The van der Waals surface area contributed by atoms with Crippen LogP contribution in [0.15, 0.2) is 30.5 Å². The van der Waals surface area contributed by atoms with Crippen LogP contribution in [0, 0.1) is 0 Å². The monoisotopic (exact) mass is 371 g/mol. The predicted octanol–water partition coefficient (Wildman–Crippen LogP) is 2.64. The molecule has 0 radical (unpaired) electrons. The minimum atomic E-state index is -0.253. The molecule has 1 aliphatic rings. The van der Waals surface area contributed by atoms with Crippen LogP contribution >= 0.6 is 0 Å². The number of methoxy groups -OCH3 is 3. The summed E-state index contributed by atoms with van der Waals surface area (Å²) in [5.41, 5.74) is 1.32. The smallest absolute Gasteiger partial charge is 0.255 e. The summed E-state index contributed by atoms with van der Waals surface area (Å²) >= 11 is 0. The summed E-state index contributed by atoms with van der Waals surface area (Å²) in [7, 11) is 4.58. The molecule has 1 amide bonds. The maximum atomic E-state index is 12.6. The zero-order valence-corrected chi connectivity index (χ0v) is 15.9. The Balaban J connectivity index is 1.68. The zero-order chi connectivity index (χ0) is 19.2. The van der Waals surface area contributed by atoms with E-state index in [4.69, 9.17) is 14.2 Å². The number of nitrogens with one attached hydrogen (secondary N) is 1. The maximum Gasteiger partial charge on any atom is 0.255 e. The van der Waals surface area contributed by atoms with E-state index in [0.717, 1.165) is 24.5 Å². The second kappa shape index (κ2) is 8.62. The number of aromatic nitrogens is 1. The molecular formula is C20H25N3O4. The van der Waals surface area contributed by atoms with Crippen LogP contribution in [0.25, 0.3) is 0 Å². The fourth-order valence-corrected chi connectivity index (χ4v) is 3.14. The Hall–Kier alpha value is -2.96. The van der Waals surface area contributed by atoms with Crippen molar-refractivity contribution in [2.24, 2.45) is 0 Å². The Morgan fingerprint density at radius 3 is 2.30 bits per heavy atom. The first-order chi connectivity index (χ1) is 13.2. The molecule has 144 valence electrons. The number of anilines is 1. The van der Waals surface area contributed by atoms with Gasteiger partial charge in [0.05, 0.1) is 26.9 Å². The fraction of sp³-hybridized carbons (Fsp3) is 0.400. The van der Waals surface area contributed by atoms with Crippen molar-refractivity contribution in [2.75, 3.05) is 39.3 Å². The third-order valence-electron chi connectivity index (χ3n) is 4.64. The lowest BCUT2D eigenvalue weighted by atomic mass is 10.1. The number of ether oxygens (including phenoxy) is 3. The lowest BCUT2D eigenvalue weighted by molar-refractivity contribution is 0.0947. The number of carbonyl (C=O) groups excluding carboxylic acids is 1. The minimum Gasteiger partial charge on any atom is -0.496 e. The minimum absolute atomic E-state index is 0.253. The first kappa shape index (κ1) is 18.8. The van der Waals surface area contributed by atoms with E-state index in [1.807, 2.05) is 12.1 Å². The average Bonchev–Trinajstić information content (AvgIpc) is 3.26. The fourth-order valence-electron chi connectivity index (χ4n) is 3.14. The molecule has 7 heteroatoms. The average molecular weight is 371 g/mol. The van der Waals surface area contributed by atoms with Crippen molar-refractivity contribution in [1.82, 2.24) is 10.3 Å². The lowest BCUT2D eigenvalue weighted by Gasteiger charge is -2.16. The molecule has 7 nitrogen and oxygen atoms in total. The highest BCUT2D eigenvalue weighted by Crippen LogP contribution is 2.34. The van der Waals surface area contributed by atoms with E-state index >= 15 is 0 Å². The number of rotatable bonds is 7. The highest BCUT2D eigenvalue weighted by atomic mass is 16.5.